The standard InChI is InChI=1S/C20H26N2O2/c1-15(2)20(17-7-5-4-6-8-17)22-14-19(23)21-13-16-9-11-18(24-3)12-10-16/h4-12,15,20,22H,13-14H2,1-3H3,(H,21,23)/t20-/m0/s1. The van der Waals surface area contributed by atoms with Crippen molar-refractivity contribution < 1.29 is 9.53 Å². The molecule has 0 aromatic heterocycles. The molecule has 2 aromatic carbocycles. The van der Waals surface area contributed by atoms with Crippen LogP contribution in [0.5, 0.6) is 5.75 Å². The maximum Gasteiger partial charge on any atom is 0.234 e. The van der Waals surface area contributed by atoms with E-state index in [9.17, 15) is 4.79 Å². The summed E-state index contributed by atoms with van der Waals surface area (Å²) in [6, 6.07) is 18.1. The van der Waals surface area contributed by atoms with Crippen molar-refractivity contribution in [3.8, 4) is 5.75 Å². The first kappa shape index (κ1) is 18.0. The van der Waals surface area contributed by atoms with E-state index in [1.807, 2.05) is 42.5 Å². The summed E-state index contributed by atoms with van der Waals surface area (Å²) in [6.07, 6.45) is 0. The molecule has 24 heavy (non-hydrogen) atoms. The summed E-state index contributed by atoms with van der Waals surface area (Å²) in [7, 11) is 1.64. The lowest BCUT2D eigenvalue weighted by Gasteiger charge is -2.22. The van der Waals surface area contributed by atoms with Gasteiger partial charge in [-0.2, -0.15) is 0 Å². The third kappa shape index (κ3) is 5.39. The highest BCUT2D eigenvalue weighted by molar-refractivity contribution is 5.78. The minimum atomic E-state index is -0.00704. The third-order valence-corrected chi connectivity index (χ3v) is 3.96. The average Bonchev–Trinajstić information content (AvgIpc) is 2.61. The topological polar surface area (TPSA) is 50.4 Å². The van der Waals surface area contributed by atoms with E-state index < -0.39 is 0 Å². The molecule has 0 saturated heterocycles. The number of methoxy groups -OCH3 is 1. The lowest BCUT2D eigenvalue weighted by Crippen LogP contribution is -2.37. The fourth-order valence-electron chi connectivity index (χ4n) is 2.61. The van der Waals surface area contributed by atoms with Crippen molar-refractivity contribution in [2.75, 3.05) is 13.7 Å². The van der Waals surface area contributed by atoms with Crippen LogP contribution in [0.4, 0.5) is 0 Å². The van der Waals surface area contributed by atoms with Gasteiger partial charge in [-0.05, 0) is 29.2 Å². The molecule has 0 radical (unpaired) electrons. The van der Waals surface area contributed by atoms with Gasteiger partial charge in [0.15, 0.2) is 0 Å². The van der Waals surface area contributed by atoms with Crippen LogP contribution in [0.2, 0.25) is 0 Å². The first-order chi connectivity index (χ1) is 11.6. The SMILES string of the molecule is COc1ccc(CNC(=O)CN[C@H](c2ccccc2)C(C)C)cc1. The van der Waals surface area contributed by atoms with Crippen LogP contribution < -0.4 is 15.4 Å². The summed E-state index contributed by atoms with van der Waals surface area (Å²) in [5, 5.41) is 6.30. The summed E-state index contributed by atoms with van der Waals surface area (Å²) < 4.78 is 5.13. The largest absolute Gasteiger partial charge is 0.497 e. The number of amides is 1. The summed E-state index contributed by atoms with van der Waals surface area (Å²) >= 11 is 0. The highest BCUT2D eigenvalue weighted by atomic mass is 16.5. The zero-order valence-electron chi connectivity index (χ0n) is 14.6. The van der Waals surface area contributed by atoms with Gasteiger partial charge in [-0.15, -0.1) is 0 Å². The molecule has 0 fully saturated rings. The number of benzene rings is 2. The Balaban J connectivity index is 1.82. The normalized spacial score (nSPS) is 12.0. The van der Waals surface area contributed by atoms with Crippen LogP contribution in [-0.4, -0.2) is 19.6 Å². The van der Waals surface area contributed by atoms with Crippen molar-refractivity contribution in [1.29, 1.82) is 0 Å². The van der Waals surface area contributed by atoms with E-state index in [0.29, 0.717) is 19.0 Å². The molecule has 1 amide bonds. The Kier molecular flexibility index (Phi) is 6.82. The fraction of sp³-hybridized carbons (Fsp3) is 0.350. The van der Waals surface area contributed by atoms with Crippen molar-refractivity contribution in [3.63, 3.8) is 0 Å². The van der Waals surface area contributed by atoms with Gasteiger partial charge in [0, 0.05) is 12.6 Å². The molecule has 0 bridgehead atoms. The van der Waals surface area contributed by atoms with Crippen LogP contribution >= 0.6 is 0 Å². The quantitative estimate of drug-likeness (QED) is 0.782. The second-order valence-corrected chi connectivity index (χ2v) is 6.14. The molecule has 0 spiro atoms. The molecule has 0 aliphatic rings. The van der Waals surface area contributed by atoms with Crippen molar-refractivity contribution in [2.45, 2.75) is 26.4 Å². The third-order valence-electron chi connectivity index (χ3n) is 3.96. The van der Waals surface area contributed by atoms with Gasteiger partial charge >= 0.3 is 0 Å². The number of ether oxygens (including phenoxy) is 1. The van der Waals surface area contributed by atoms with Crippen molar-refractivity contribution in [1.82, 2.24) is 10.6 Å². The zero-order valence-corrected chi connectivity index (χ0v) is 14.6. The van der Waals surface area contributed by atoms with E-state index >= 15 is 0 Å². The van der Waals surface area contributed by atoms with Crippen LogP contribution in [0.1, 0.15) is 31.0 Å². The van der Waals surface area contributed by atoms with Crippen LogP contribution in [0.25, 0.3) is 0 Å². The van der Waals surface area contributed by atoms with E-state index in [2.05, 4.69) is 36.6 Å². The maximum atomic E-state index is 12.1. The summed E-state index contributed by atoms with van der Waals surface area (Å²) in [5.41, 5.74) is 2.25. The highest BCUT2D eigenvalue weighted by Gasteiger charge is 2.16. The number of carbonyl (C=O) groups excluding carboxylic acids is 1. The number of rotatable bonds is 8. The van der Waals surface area contributed by atoms with Gasteiger partial charge in [0.1, 0.15) is 5.75 Å². The minimum Gasteiger partial charge on any atom is -0.497 e. The Morgan fingerprint density at radius 3 is 2.29 bits per heavy atom. The van der Waals surface area contributed by atoms with Crippen molar-refractivity contribution in [3.05, 3.63) is 65.7 Å². The molecular formula is C20H26N2O2. The van der Waals surface area contributed by atoms with Crippen LogP contribution in [0.15, 0.2) is 54.6 Å². The van der Waals surface area contributed by atoms with Gasteiger partial charge < -0.3 is 15.4 Å². The maximum absolute atomic E-state index is 12.1. The van der Waals surface area contributed by atoms with E-state index in [0.717, 1.165) is 11.3 Å². The van der Waals surface area contributed by atoms with Gasteiger partial charge in [0.25, 0.3) is 0 Å². The molecule has 2 aromatic rings. The van der Waals surface area contributed by atoms with Gasteiger partial charge in [0.05, 0.1) is 13.7 Å². The molecule has 0 aliphatic carbocycles. The van der Waals surface area contributed by atoms with Crippen LogP contribution in [0, 0.1) is 5.92 Å². The number of carbonyl (C=O) groups is 1. The number of hydrogen-bond donors (Lipinski definition) is 2. The Hall–Kier alpha value is -2.33. The van der Waals surface area contributed by atoms with Crippen LogP contribution in [-0.2, 0) is 11.3 Å². The smallest absolute Gasteiger partial charge is 0.234 e. The molecule has 0 heterocycles. The molecule has 0 saturated carbocycles. The second-order valence-electron chi connectivity index (χ2n) is 6.14. The number of nitrogens with one attached hydrogen (secondary N) is 2. The Morgan fingerprint density at radius 1 is 1.04 bits per heavy atom. The minimum absolute atomic E-state index is 0.00704. The molecule has 2 rings (SSSR count). The molecule has 1 atom stereocenters. The second kappa shape index (κ2) is 9.08. The number of hydrogen-bond acceptors (Lipinski definition) is 3. The molecule has 4 nitrogen and oxygen atoms in total. The van der Waals surface area contributed by atoms with E-state index in [-0.39, 0.29) is 11.9 Å². The predicted octanol–water partition coefficient (Wildman–Crippen LogP) is 3.30. The van der Waals surface area contributed by atoms with E-state index in [1.165, 1.54) is 5.56 Å². The van der Waals surface area contributed by atoms with Gasteiger partial charge in [-0.1, -0.05) is 56.3 Å². The van der Waals surface area contributed by atoms with E-state index in [4.69, 9.17) is 4.74 Å². The summed E-state index contributed by atoms with van der Waals surface area (Å²) in [5.74, 6) is 1.21. The monoisotopic (exact) mass is 326 g/mol. The van der Waals surface area contributed by atoms with Gasteiger partial charge in [0.2, 0.25) is 5.91 Å². The average molecular weight is 326 g/mol. The van der Waals surface area contributed by atoms with Crippen LogP contribution in [0.3, 0.4) is 0 Å². The summed E-state index contributed by atoms with van der Waals surface area (Å²) in [4.78, 5) is 12.1. The Morgan fingerprint density at radius 2 is 1.71 bits per heavy atom. The first-order valence-electron chi connectivity index (χ1n) is 8.28. The Labute approximate surface area is 144 Å². The summed E-state index contributed by atoms with van der Waals surface area (Å²) in [6.45, 7) is 5.12. The molecule has 0 aliphatic heterocycles. The highest BCUT2D eigenvalue weighted by Crippen LogP contribution is 2.20. The molecule has 2 N–H and O–H groups in total. The lowest BCUT2D eigenvalue weighted by atomic mass is 9.96. The van der Waals surface area contributed by atoms with Crippen molar-refractivity contribution >= 4 is 5.91 Å². The Bertz CT molecular complexity index is 624. The zero-order chi connectivity index (χ0) is 17.4. The molecule has 128 valence electrons. The molecule has 4 heteroatoms. The molecule has 0 unspecified atom stereocenters. The fourth-order valence-corrected chi connectivity index (χ4v) is 2.61. The van der Waals surface area contributed by atoms with E-state index in [1.54, 1.807) is 7.11 Å². The van der Waals surface area contributed by atoms with Gasteiger partial charge in [-0.25, -0.2) is 0 Å². The predicted molar refractivity (Wildman–Crippen MR) is 96.9 cm³/mol. The lowest BCUT2D eigenvalue weighted by molar-refractivity contribution is -0.120. The first-order valence-corrected chi connectivity index (χ1v) is 8.28. The van der Waals surface area contributed by atoms with Crippen molar-refractivity contribution in [2.24, 2.45) is 5.92 Å². The molecular weight excluding hydrogens is 300 g/mol. The van der Waals surface area contributed by atoms with Gasteiger partial charge in [-0.3, -0.25) is 4.79 Å².